The van der Waals surface area contributed by atoms with Gasteiger partial charge in [-0.1, -0.05) is 0 Å². The first-order chi connectivity index (χ1) is 9.06. The minimum absolute atomic E-state index is 0.144. The Morgan fingerprint density at radius 1 is 1.26 bits per heavy atom. The van der Waals surface area contributed by atoms with E-state index in [-0.39, 0.29) is 17.2 Å². The van der Waals surface area contributed by atoms with E-state index >= 15 is 0 Å². The van der Waals surface area contributed by atoms with Crippen molar-refractivity contribution >= 4 is 5.97 Å². The minimum Gasteiger partial charge on any atom is -0.481 e. The lowest BCUT2D eigenvalue weighted by Crippen LogP contribution is -1.98. The highest BCUT2D eigenvalue weighted by Crippen LogP contribution is 2.48. The fourth-order valence-electron chi connectivity index (χ4n) is 2.17. The highest BCUT2D eigenvalue weighted by atomic mass is 19.1. The Labute approximate surface area is 107 Å². The quantitative estimate of drug-likeness (QED) is 0.924. The molecular formula is C14H10F2O3. The van der Waals surface area contributed by atoms with E-state index in [2.05, 4.69) is 0 Å². The molecule has 2 aromatic rings. The molecule has 1 heterocycles. The van der Waals surface area contributed by atoms with Gasteiger partial charge in [-0.15, -0.1) is 0 Å². The van der Waals surface area contributed by atoms with Crippen molar-refractivity contribution in [3.8, 4) is 11.3 Å². The Balaban J connectivity index is 1.88. The van der Waals surface area contributed by atoms with Crippen molar-refractivity contribution < 1.29 is 23.1 Å². The van der Waals surface area contributed by atoms with Crippen LogP contribution in [0.1, 0.15) is 18.1 Å². The molecule has 0 bridgehead atoms. The number of benzene rings is 1. The van der Waals surface area contributed by atoms with Crippen molar-refractivity contribution in [2.75, 3.05) is 0 Å². The molecule has 1 aliphatic carbocycles. The predicted octanol–water partition coefficient (Wildman–Crippen LogP) is 3.41. The van der Waals surface area contributed by atoms with Crippen molar-refractivity contribution in [3.05, 3.63) is 47.7 Å². The van der Waals surface area contributed by atoms with Crippen LogP contribution in [0.25, 0.3) is 11.3 Å². The summed E-state index contributed by atoms with van der Waals surface area (Å²) in [6.07, 6.45) is 0.536. The first kappa shape index (κ1) is 11.9. The Morgan fingerprint density at radius 2 is 2.05 bits per heavy atom. The van der Waals surface area contributed by atoms with Gasteiger partial charge in [0.25, 0.3) is 0 Å². The van der Waals surface area contributed by atoms with Crippen LogP contribution in [0.15, 0.2) is 34.7 Å². The molecule has 1 aromatic carbocycles. The summed E-state index contributed by atoms with van der Waals surface area (Å²) in [5.41, 5.74) is 0.167. The Hall–Kier alpha value is -2.17. The number of carboxylic acids is 1. The van der Waals surface area contributed by atoms with Gasteiger partial charge in [-0.05, 0) is 30.7 Å². The van der Waals surface area contributed by atoms with Gasteiger partial charge in [0.15, 0.2) is 0 Å². The average molecular weight is 264 g/mol. The summed E-state index contributed by atoms with van der Waals surface area (Å²) < 4.78 is 31.9. The van der Waals surface area contributed by atoms with Crippen molar-refractivity contribution in [2.45, 2.75) is 12.3 Å². The zero-order valence-electron chi connectivity index (χ0n) is 9.77. The Kier molecular flexibility index (Phi) is 2.62. The van der Waals surface area contributed by atoms with E-state index < -0.39 is 23.5 Å². The van der Waals surface area contributed by atoms with Gasteiger partial charge in [0.2, 0.25) is 0 Å². The van der Waals surface area contributed by atoms with Crippen molar-refractivity contribution in [2.24, 2.45) is 5.92 Å². The average Bonchev–Trinajstić information content (AvgIpc) is 3.01. The second-order valence-corrected chi connectivity index (χ2v) is 4.61. The summed E-state index contributed by atoms with van der Waals surface area (Å²) in [6.45, 7) is 0. The maximum absolute atomic E-state index is 13.6. The minimum atomic E-state index is -0.851. The zero-order valence-corrected chi connectivity index (χ0v) is 9.77. The van der Waals surface area contributed by atoms with E-state index in [4.69, 9.17) is 9.52 Å². The molecule has 0 radical (unpaired) electrons. The Morgan fingerprint density at radius 3 is 2.68 bits per heavy atom. The van der Waals surface area contributed by atoms with Gasteiger partial charge < -0.3 is 9.52 Å². The van der Waals surface area contributed by atoms with Gasteiger partial charge in [0.05, 0.1) is 11.5 Å². The normalized spacial score (nSPS) is 21.4. The lowest BCUT2D eigenvalue weighted by molar-refractivity contribution is -0.138. The molecule has 1 saturated carbocycles. The number of carboxylic acid groups (broad SMARTS) is 1. The van der Waals surface area contributed by atoms with E-state index in [1.165, 1.54) is 6.07 Å². The smallest absolute Gasteiger partial charge is 0.307 e. The van der Waals surface area contributed by atoms with Gasteiger partial charge in [0, 0.05) is 12.0 Å². The van der Waals surface area contributed by atoms with Gasteiger partial charge in [-0.3, -0.25) is 4.79 Å². The topological polar surface area (TPSA) is 50.4 Å². The Bertz CT molecular complexity index is 648. The van der Waals surface area contributed by atoms with E-state index in [9.17, 15) is 13.6 Å². The first-order valence-electron chi connectivity index (χ1n) is 5.84. The number of aliphatic carboxylic acids is 1. The maximum atomic E-state index is 13.6. The third kappa shape index (κ3) is 2.12. The fraction of sp³-hybridized carbons (Fsp3) is 0.214. The van der Waals surface area contributed by atoms with Crippen LogP contribution in [0.2, 0.25) is 0 Å². The van der Waals surface area contributed by atoms with Crippen LogP contribution >= 0.6 is 0 Å². The standard InChI is InChI=1S/C14H10F2O3/c15-7-1-2-8(11(16)5-7)12-3-4-13(19-12)9-6-10(9)14(17)18/h1-5,9-10H,6H2,(H,17,18). The number of hydrogen-bond acceptors (Lipinski definition) is 2. The fourth-order valence-corrected chi connectivity index (χ4v) is 2.17. The second-order valence-electron chi connectivity index (χ2n) is 4.61. The molecule has 0 saturated heterocycles. The summed E-state index contributed by atoms with van der Waals surface area (Å²) >= 11 is 0. The van der Waals surface area contributed by atoms with E-state index in [1.807, 2.05) is 0 Å². The summed E-state index contributed by atoms with van der Waals surface area (Å²) in [5, 5.41) is 8.84. The molecule has 5 heteroatoms. The largest absolute Gasteiger partial charge is 0.481 e. The van der Waals surface area contributed by atoms with Gasteiger partial charge in [-0.25, -0.2) is 8.78 Å². The molecule has 19 heavy (non-hydrogen) atoms. The molecular weight excluding hydrogens is 254 g/mol. The summed E-state index contributed by atoms with van der Waals surface area (Å²) in [4.78, 5) is 10.8. The molecule has 2 unspecified atom stereocenters. The molecule has 1 N–H and O–H groups in total. The monoisotopic (exact) mass is 264 g/mol. The van der Waals surface area contributed by atoms with E-state index in [0.717, 1.165) is 12.1 Å². The highest BCUT2D eigenvalue weighted by molar-refractivity contribution is 5.75. The van der Waals surface area contributed by atoms with Gasteiger partial charge >= 0.3 is 5.97 Å². The predicted molar refractivity (Wildman–Crippen MR) is 62.5 cm³/mol. The summed E-state index contributed by atoms with van der Waals surface area (Å²) in [7, 11) is 0. The third-order valence-electron chi connectivity index (χ3n) is 3.30. The number of furan rings is 1. The lowest BCUT2D eigenvalue weighted by atomic mass is 10.1. The summed E-state index contributed by atoms with van der Waals surface area (Å²) in [5.74, 6) is -1.95. The van der Waals surface area contributed by atoms with Crippen molar-refractivity contribution in [3.63, 3.8) is 0 Å². The molecule has 0 spiro atoms. The van der Waals surface area contributed by atoms with Crippen LogP contribution in [0, 0.1) is 17.6 Å². The summed E-state index contributed by atoms with van der Waals surface area (Å²) in [6, 6.07) is 6.45. The third-order valence-corrected chi connectivity index (χ3v) is 3.30. The van der Waals surface area contributed by atoms with Gasteiger partial charge in [0.1, 0.15) is 23.2 Å². The molecule has 0 aliphatic heterocycles. The molecule has 1 fully saturated rings. The van der Waals surface area contributed by atoms with Crippen molar-refractivity contribution in [1.82, 2.24) is 0 Å². The molecule has 3 nitrogen and oxygen atoms in total. The zero-order chi connectivity index (χ0) is 13.6. The van der Waals surface area contributed by atoms with Crippen LogP contribution in [-0.2, 0) is 4.79 Å². The van der Waals surface area contributed by atoms with Crippen molar-refractivity contribution in [1.29, 1.82) is 0 Å². The molecule has 3 rings (SSSR count). The van der Waals surface area contributed by atoms with E-state index in [1.54, 1.807) is 12.1 Å². The van der Waals surface area contributed by atoms with Crippen LogP contribution in [-0.4, -0.2) is 11.1 Å². The van der Waals surface area contributed by atoms with Crippen LogP contribution in [0.3, 0.4) is 0 Å². The number of hydrogen-bond donors (Lipinski definition) is 1. The molecule has 0 amide bonds. The SMILES string of the molecule is O=C(O)C1CC1c1ccc(-c2ccc(F)cc2F)o1. The highest BCUT2D eigenvalue weighted by Gasteiger charge is 2.46. The van der Waals surface area contributed by atoms with Gasteiger partial charge in [-0.2, -0.15) is 0 Å². The maximum Gasteiger partial charge on any atom is 0.307 e. The van der Waals surface area contributed by atoms with Crippen LogP contribution < -0.4 is 0 Å². The number of halogens is 2. The second kappa shape index (κ2) is 4.19. The number of rotatable bonds is 3. The van der Waals surface area contributed by atoms with E-state index in [0.29, 0.717) is 12.2 Å². The lowest BCUT2D eigenvalue weighted by Gasteiger charge is -1.99. The molecule has 2 atom stereocenters. The molecule has 1 aliphatic rings. The number of carbonyl (C=O) groups is 1. The molecule has 98 valence electrons. The first-order valence-corrected chi connectivity index (χ1v) is 5.84. The molecule has 1 aromatic heterocycles. The van der Waals surface area contributed by atoms with Crippen LogP contribution in [0.4, 0.5) is 8.78 Å². The van der Waals surface area contributed by atoms with Crippen LogP contribution in [0.5, 0.6) is 0 Å².